The number of hydrogen-bond acceptors (Lipinski definition) is 5. The number of rotatable bonds is 5. The van der Waals surface area contributed by atoms with Gasteiger partial charge in [-0.15, -0.1) is 0 Å². The summed E-state index contributed by atoms with van der Waals surface area (Å²) >= 11 is 0. The number of likely N-dealkylation sites (tertiary alicyclic amines) is 2. The van der Waals surface area contributed by atoms with Gasteiger partial charge in [0.15, 0.2) is 11.4 Å². The predicted molar refractivity (Wildman–Crippen MR) is 101 cm³/mol. The van der Waals surface area contributed by atoms with Crippen molar-refractivity contribution in [2.45, 2.75) is 43.5 Å². The summed E-state index contributed by atoms with van der Waals surface area (Å²) in [6.45, 7) is 4.72. The number of piperidine rings is 2. The molecule has 148 valence electrons. The highest BCUT2D eigenvalue weighted by molar-refractivity contribution is 5.86. The van der Waals surface area contributed by atoms with E-state index in [1.165, 1.54) is 5.56 Å². The van der Waals surface area contributed by atoms with Crippen LogP contribution in [0.15, 0.2) is 30.3 Å². The Morgan fingerprint density at radius 3 is 2.41 bits per heavy atom. The second-order valence-corrected chi connectivity index (χ2v) is 8.05. The first-order chi connectivity index (χ1) is 13.1. The lowest BCUT2D eigenvalue weighted by Gasteiger charge is -2.43. The zero-order valence-electron chi connectivity index (χ0n) is 15.9. The molecule has 6 heteroatoms. The van der Waals surface area contributed by atoms with Crippen LogP contribution in [-0.4, -0.2) is 78.1 Å². The maximum atomic E-state index is 13.0. The molecule has 3 saturated heterocycles. The maximum absolute atomic E-state index is 13.0. The molecule has 3 aliphatic rings. The van der Waals surface area contributed by atoms with Gasteiger partial charge in [-0.2, -0.15) is 0 Å². The number of benzene rings is 1. The van der Waals surface area contributed by atoms with E-state index in [0.29, 0.717) is 32.7 Å². The number of nitrogens with zero attached hydrogens (tertiary/aromatic N) is 2. The standard InChI is InChI=1S/C21H30N2O4/c24-19-20(25,17-22-13-9-21(10-14-22)26-15-16-27-21)8-4-11-23(19)12-7-18-5-2-1-3-6-18/h1-3,5-6,25H,4,7-17H2/t20-/m1/s1. The Morgan fingerprint density at radius 2 is 1.70 bits per heavy atom. The van der Waals surface area contributed by atoms with Crippen LogP contribution in [0.25, 0.3) is 0 Å². The summed E-state index contributed by atoms with van der Waals surface area (Å²) < 4.78 is 11.5. The van der Waals surface area contributed by atoms with Gasteiger partial charge in [-0.3, -0.25) is 9.69 Å². The van der Waals surface area contributed by atoms with Crippen molar-refractivity contribution in [1.82, 2.24) is 9.80 Å². The monoisotopic (exact) mass is 374 g/mol. The van der Waals surface area contributed by atoms with Gasteiger partial charge in [0.1, 0.15) is 0 Å². The van der Waals surface area contributed by atoms with Crippen LogP contribution in [0.5, 0.6) is 0 Å². The van der Waals surface area contributed by atoms with Crippen molar-refractivity contribution in [3.05, 3.63) is 35.9 Å². The molecule has 0 unspecified atom stereocenters. The molecule has 0 aromatic heterocycles. The predicted octanol–water partition coefficient (Wildman–Crippen LogP) is 1.42. The van der Waals surface area contributed by atoms with E-state index in [1.54, 1.807) is 0 Å². The first-order valence-electron chi connectivity index (χ1n) is 10.1. The number of hydrogen-bond donors (Lipinski definition) is 1. The smallest absolute Gasteiger partial charge is 0.255 e. The van der Waals surface area contributed by atoms with Crippen molar-refractivity contribution in [1.29, 1.82) is 0 Å². The molecule has 3 heterocycles. The van der Waals surface area contributed by atoms with Crippen LogP contribution >= 0.6 is 0 Å². The van der Waals surface area contributed by atoms with E-state index in [4.69, 9.17) is 9.47 Å². The molecule has 0 bridgehead atoms. The second-order valence-electron chi connectivity index (χ2n) is 8.05. The van der Waals surface area contributed by atoms with Crippen molar-refractivity contribution >= 4 is 5.91 Å². The zero-order chi connectivity index (χ0) is 18.7. The lowest BCUT2D eigenvalue weighted by Crippen LogP contribution is -2.60. The van der Waals surface area contributed by atoms with E-state index >= 15 is 0 Å². The van der Waals surface area contributed by atoms with Crippen LogP contribution in [0.1, 0.15) is 31.2 Å². The molecule has 3 aliphatic heterocycles. The highest BCUT2D eigenvalue weighted by Crippen LogP contribution is 2.33. The molecule has 6 nitrogen and oxygen atoms in total. The molecule has 0 saturated carbocycles. The van der Waals surface area contributed by atoms with E-state index in [2.05, 4.69) is 17.0 Å². The summed E-state index contributed by atoms with van der Waals surface area (Å²) in [4.78, 5) is 17.0. The summed E-state index contributed by atoms with van der Waals surface area (Å²) in [6.07, 6.45) is 3.82. The van der Waals surface area contributed by atoms with Crippen LogP contribution in [0, 0.1) is 0 Å². The Labute approximate surface area is 161 Å². The number of ether oxygens (including phenoxy) is 2. The van der Waals surface area contributed by atoms with Crippen LogP contribution in [-0.2, 0) is 20.7 Å². The summed E-state index contributed by atoms with van der Waals surface area (Å²) in [6, 6.07) is 10.2. The number of carbonyl (C=O) groups is 1. The van der Waals surface area contributed by atoms with E-state index in [0.717, 1.165) is 45.3 Å². The van der Waals surface area contributed by atoms with E-state index in [1.807, 2.05) is 23.1 Å². The highest BCUT2D eigenvalue weighted by atomic mass is 16.7. The fourth-order valence-corrected chi connectivity index (χ4v) is 4.54. The maximum Gasteiger partial charge on any atom is 0.255 e. The van der Waals surface area contributed by atoms with Gasteiger partial charge in [0.05, 0.1) is 13.2 Å². The Bertz CT molecular complexity index is 637. The summed E-state index contributed by atoms with van der Waals surface area (Å²) in [5.41, 5.74) is -0.0473. The third-order valence-corrected chi connectivity index (χ3v) is 6.13. The molecule has 1 N–H and O–H groups in total. The van der Waals surface area contributed by atoms with Crippen LogP contribution < -0.4 is 0 Å². The quantitative estimate of drug-likeness (QED) is 0.845. The molecule has 1 spiro atoms. The molecule has 27 heavy (non-hydrogen) atoms. The molecule has 1 aromatic rings. The third-order valence-electron chi connectivity index (χ3n) is 6.13. The molecular formula is C21H30N2O4. The minimum atomic E-state index is -1.27. The lowest BCUT2D eigenvalue weighted by atomic mass is 9.89. The molecule has 1 atom stereocenters. The third kappa shape index (κ3) is 4.19. The van der Waals surface area contributed by atoms with Crippen molar-refractivity contribution < 1.29 is 19.4 Å². The zero-order valence-corrected chi connectivity index (χ0v) is 15.9. The summed E-state index contributed by atoms with van der Waals surface area (Å²) in [7, 11) is 0. The van der Waals surface area contributed by atoms with E-state index in [-0.39, 0.29) is 5.91 Å². The summed E-state index contributed by atoms with van der Waals surface area (Å²) in [5.74, 6) is -0.532. The largest absolute Gasteiger partial charge is 0.379 e. The van der Waals surface area contributed by atoms with Gasteiger partial charge >= 0.3 is 0 Å². The fraction of sp³-hybridized carbons (Fsp3) is 0.667. The molecule has 1 aromatic carbocycles. The van der Waals surface area contributed by atoms with Crippen molar-refractivity contribution in [3.8, 4) is 0 Å². The molecule has 1 amide bonds. The Kier molecular flexibility index (Phi) is 5.50. The van der Waals surface area contributed by atoms with Crippen LogP contribution in [0.4, 0.5) is 0 Å². The lowest BCUT2D eigenvalue weighted by molar-refractivity contribution is -0.190. The summed E-state index contributed by atoms with van der Waals surface area (Å²) in [5, 5.41) is 11.1. The molecule has 0 radical (unpaired) electrons. The normalized spacial score (nSPS) is 28.8. The van der Waals surface area contributed by atoms with Gasteiger partial charge < -0.3 is 19.5 Å². The molecular weight excluding hydrogens is 344 g/mol. The SMILES string of the molecule is O=C1N(CCc2ccccc2)CCC[C@@]1(O)CN1CCC2(CC1)OCCO2. The number of carbonyl (C=O) groups excluding carboxylic acids is 1. The van der Waals surface area contributed by atoms with Crippen molar-refractivity contribution in [2.24, 2.45) is 0 Å². The Balaban J connectivity index is 1.32. The van der Waals surface area contributed by atoms with Gasteiger partial charge in [0, 0.05) is 45.6 Å². The first kappa shape index (κ1) is 18.9. The number of amides is 1. The topological polar surface area (TPSA) is 62.2 Å². The van der Waals surface area contributed by atoms with Crippen molar-refractivity contribution in [3.63, 3.8) is 0 Å². The van der Waals surface area contributed by atoms with E-state index < -0.39 is 11.4 Å². The van der Waals surface area contributed by atoms with Gasteiger partial charge in [-0.25, -0.2) is 0 Å². The van der Waals surface area contributed by atoms with Gasteiger partial charge in [-0.05, 0) is 24.8 Å². The van der Waals surface area contributed by atoms with Crippen LogP contribution in [0.3, 0.4) is 0 Å². The molecule has 0 aliphatic carbocycles. The van der Waals surface area contributed by atoms with Gasteiger partial charge in [0.25, 0.3) is 5.91 Å². The molecule has 4 rings (SSSR count). The van der Waals surface area contributed by atoms with E-state index in [9.17, 15) is 9.90 Å². The average Bonchev–Trinajstić information content (AvgIpc) is 3.14. The highest BCUT2D eigenvalue weighted by Gasteiger charge is 2.46. The minimum Gasteiger partial charge on any atom is -0.379 e. The minimum absolute atomic E-state index is 0.113. The van der Waals surface area contributed by atoms with Crippen molar-refractivity contribution in [2.75, 3.05) is 45.9 Å². The van der Waals surface area contributed by atoms with Gasteiger partial charge in [-0.1, -0.05) is 30.3 Å². The molecule has 3 fully saturated rings. The first-order valence-corrected chi connectivity index (χ1v) is 10.1. The number of β-amino-alcohol motifs (C(OH)–C–C–N with tert-alkyl or cyclic N) is 1. The second kappa shape index (κ2) is 7.87. The average molecular weight is 374 g/mol. The number of aliphatic hydroxyl groups is 1. The fourth-order valence-electron chi connectivity index (χ4n) is 4.54. The van der Waals surface area contributed by atoms with Crippen LogP contribution in [0.2, 0.25) is 0 Å². The Morgan fingerprint density at radius 1 is 1.00 bits per heavy atom. The Hall–Kier alpha value is -1.47. The van der Waals surface area contributed by atoms with Gasteiger partial charge in [0.2, 0.25) is 0 Å².